The molecule has 0 aliphatic carbocycles. The van der Waals surface area contributed by atoms with Crippen molar-refractivity contribution in [3.63, 3.8) is 0 Å². The van der Waals surface area contributed by atoms with Gasteiger partial charge in [-0.25, -0.2) is 0 Å². The maximum Gasteiger partial charge on any atom is 0.220 e. The summed E-state index contributed by atoms with van der Waals surface area (Å²) in [5.74, 6) is 0.685. The molecule has 112 valence electrons. The van der Waals surface area contributed by atoms with Crippen LogP contribution in [-0.4, -0.2) is 12.5 Å². The molecule has 3 N–H and O–H groups in total. The van der Waals surface area contributed by atoms with E-state index in [2.05, 4.69) is 28.2 Å². The van der Waals surface area contributed by atoms with E-state index < -0.39 is 0 Å². The first-order valence-electron chi connectivity index (χ1n) is 7.31. The molecule has 0 saturated carbocycles. The average Bonchev–Trinajstić information content (AvgIpc) is 2.44. The number of nitrogens with two attached hydrogens (primary N) is 1. The molecule has 0 spiro atoms. The summed E-state index contributed by atoms with van der Waals surface area (Å²) < 4.78 is 1.05. The molecule has 0 fully saturated rings. The average molecular weight is 341 g/mol. The molecule has 1 amide bonds. The Morgan fingerprint density at radius 3 is 2.50 bits per heavy atom. The number of hydrogen-bond donors (Lipinski definition) is 2. The van der Waals surface area contributed by atoms with Gasteiger partial charge in [0, 0.05) is 10.9 Å². The van der Waals surface area contributed by atoms with E-state index in [1.165, 1.54) is 0 Å². The number of rotatable bonds is 8. The quantitative estimate of drug-likeness (QED) is 0.756. The molecule has 4 heteroatoms. The summed E-state index contributed by atoms with van der Waals surface area (Å²) in [6.07, 6.45) is 3.60. The summed E-state index contributed by atoms with van der Waals surface area (Å²) >= 11 is 3.41. The van der Waals surface area contributed by atoms with E-state index in [0.29, 0.717) is 18.9 Å². The highest BCUT2D eigenvalue weighted by Crippen LogP contribution is 2.18. The van der Waals surface area contributed by atoms with Crippen LogP contribution < -0.4 is 11.1 Å². The Balaban J connectivity index is 2.39. The van der Waals surface area contributed by atoms with Crippen molar-refractivity contribution in [1.29, 1.82) is 0 Å². The minimum atomic E-state index is 0.0465. The lowest BCUT2D eigenvalue weighted by Gasteiger charge is -2.17. The van der Waals surface area contributed by atoms with Crippen LogP contribution in [0.5, 0.6) is 0 Å². The van der Waals surface area contributed by atoms with Crippen LogP contribution in [0.1, 0.15) is 51.1 Å². The third-order valence-electron chi connectivity index (χ3n) is 3.68. The fourth-order valence-corrected chi connectivity index (χ4v) is 2.54. The molecule has 20 heavy (non-hydrogen) atoms. The van der Waals surface area contributed by atoms with Gasteiger partial charge in [-0.1, -0.05) is 41.4 Å². The van der Waals surface area contributed by atoms with Gasteiger partial charge in [0.1, 0.15) is 0 Å². The second-order valence-electron chi connectivity index (χ2n) is 5.23. The Hall–Kier alpha value is -0.870. The summed E-state index contributed by atoms with van der Waals surface area (Å²) in [5, 5.41) is 3.05. The van der Waals surface area contributed by atoms with Crippen molar-refractivity contribution in [2.24, 2.45) is 11.7 Å². The predicted molar refractivity (Wildman–Crippen MR) is 87.4 cm³/mol. The van der Waals surface area contributed by atoms with Crippen LogP contribution >= 0.6 is 15.9 Å². The van der Waals surface area contributed by atoms with Gasteiger partial charge in [-0.2, -0.15) is 0 Å². The van der Waals surface area contributed by atoms with Crippen LogP contribution in [0.4, 0.5) is 0 Å². The Labute approximate surface area is 130 Å². The van der Waals surface area contributed by atoms with Crippen molar-refractivity contribution in [1.82, 2.24) is 5.32 Å². The van der Waals surface area contributed by atoms with Crippen molar-refractivity contribution in [2.45, 2.75) is 45.6 Å². The molecule has 0 bridgehead atoms. The minimum absolute atomic E-state index is 0.0465. The number of hydrogen-bond acceptors (Lipinski definition) is 2. The zero-order valence-corrected chi connectivity index (χ0v) is 13.9. The van der Waals surface area contributed by atoms with E-state index in [0.717, 1.165) is 29.3 Å². The van der Waals surface area contributed by atoms with Crippen molar-refractivity contribution in [2.75, 3.05) is 6.54 Å². The lowest BCUT2D eigenvalue weighted by molar-refractivity contribution is -0.122. The summed E-state index contributed by atoms with van der Waals surface area (Å²) in [6.45, 7) is 4.87. The van der Waals surface area contributed by atoms with E-state index in [1.54, 1.807) is 0 Å². The van der Waals surface area contributed by atoms with Crippen LogP contribution in [-0.2, 0) is 4.79 Å². The lowest BCUT2D eigenvalue weighted by Crippen LogP contribution is -2.27. The fraction of sp³-hybridized carbons (Fsp3) is 0.562. The molecule has 2 atom stereocenters. The predicted octanol–water partition coefficient (Wildman–Crippen LogP) is 3.78. The Bertz CT molecular complexity index is 405. The van der Waals surface area contributed by atoms with Crippen molar-refractivity contribution in [3.05, 3.63) is 34.3 Å². The first-order chi connectivity index (χ1) is 9.56. The highest BCUT2D eigenvalue weighted by Gasteiger charge is 2.12. The molecule has 0 heterocycles. The highest BCUT2D eigenvalue weighted by atomic mass is 79.9. The molecule has 1 aromatic carbocycles. The Morgan fingerprint density at radius 2 is 1.95 bits per heavy atom. The topological polar surface area (TPSA) is 55.1 Å². The Morgan fingerprint density at radius 1 is 1.30 bits per heavy atom. The van der Waals surface area contributed by atoms with Gasteiger partial charge in [0.05, 0.1) is 6.04 Å². The molecule has 0 radical (unpaired) electrons. The SMILES string of the molecule is CCC(CCN)CCC(=O)N[C@H](C)c1ccc(Br)cc1. The van der Waals surface area contributed by atoms with Crippen LogP contribution in [0.15, 0.2) is 28.7 Å². The first-order valence-corrected chi connectivity index (χ1v) is 8.11. The molecule has 0 aliphatic rings. The largest absolute Gasteiger partial charge is 0.350 e. The summed E-state index contributed by atoms with van der Waals surface area (Å²) in [5.41, 5.74) is 6.70. The zero-order valence-electron chi connectivity index (χ0n) is 12.4. The zero-order chi connectivity index (χ0) is 15.0. The Kier molecular flexibility index (Phi) is 7.85. The molecule has 1 aromatic rings. The normalized spacial score (nSPS) is 13.8. The molecule has 0 aliphatic heterocycles. The van der Waals surface area contributed by atoms with Crippen molar-refractivity contribution < 1.29 is 4.79 Å². The maximum atomic E-state index is 12.0. The molecular weight excluding hydrogens is 316 g/mol. The molecule has 0 saturated heterocycles. The van der Waals surface area contributed by atoms with Crippen LogP contribution in [0.3, 0.4) is 0 Å². The third kappa shape index (κ3) is 6.06. The van der Waals surface area contributed by atoms with E-state index >= 15 is 0 Å². The molecule has 3 nitrogen and oxygen atoms in total. The van der Waals surface area contributed by atoms with Gasteiger partial charge in [-0.05, 0) is 49.9 Å². The lowest BCUT2D eigenvalue weighted by atomic mass is 9.96. The second-order valence-corrected chi connectivity index (χ2v) is 6.15. The number of benzene rings is 1. The smallest absolute Gasteiger partial charge is 0.220 e. The van der Waals surface area contributed by atoms with Gasteiger partial charge < -0.3 is 11.1 Å². The molecular formula is C16H25BrN2O. The number of nitrogens with one attached hydrogen (secondary N) is 1. The molecule has 1 rings (SSSR count). The van der Waals surface area contributed by atoms with E-state index in [9.17, 15) is 4.79 Å². The third-order valence-corrected chi connectivity index (χ3v) is 4.21. The van der Waals surface area contributed by atoms with Gasteiger partial charge in [0.25, 0.3) is 0 Å². The van der Waals surface area contributed by atoms with Gasteiger partial charge in [-0.15, -0.1) is 0 Å². The highest BCUT2D eigenvalue weighted by molar-refractivity contribution is 9.10. The summed E-state index contributed by atoms with van der Waals surface area (Å²) in [4.78, 5) is 12.0. The van der Waals surface area contributed by atoms with E-state index in [-0.39, 0.29) is 11.9 Å². The van der Waals surface area contributed by atoms with Gasteiger partial charge >= 0.3 is 0 Å². The van der Waals surface area contributed by atoms with Crippen LogP contribution in [0.2, 0.25) is 0 Å². The number of carbonyl (C=O) groups is 1. The standard InChI is InChI=1S/C16H25BrN2O/c1-3-13(10-11-18)4-9-16(20)19-12(2)14-5-7-15(17)8-6-14/h5-8,12-13H,3-4,9-11,18H2,1-2H3,(H,19,20)/t12-,13?/m1/s1. The van der Waals surface area contributed by atoms with Crippen molar-refractivity contribution in [3.8, 4) is 0 Å². The van der Waals surface area contributed by atoms with Crippen LogP contribution in [0, 0.1) is 5.92 Å². The summed E-state index contributed by atoms with van der Waals surface area (Å²) in [6, 6.07) is 8.08. The van der Waals surface area contributed by atoms with E-state index in [4.69, 9.17) is 5.73 Å². The molecule has 1 unspecified atom stereocenters. The number of carbonyl (C=O) groups excluding carboxylic acids is 1. The van der Waals surface area contributed by atoms with Crippen molar-refractivity contribution >= 4 is 21.8 Å². The van der Waals surface area contributed by atoms with Crippen LogP contribution in [0.25, 0.3) is 0 Å². The van der Waals surface area contributed by atoms with Gasteiger partial charge in [0.2, 0.25) is 5.91 Å². The van der Waals surface area contributed by atoms with Gasteiger partial charge in [-0.3, -0.25) is 4.79 Å². The summed E-state index contributed by atoms with van der Waals surface area (Å²) in [7, 11) is 0. The monoisotopic (exact) mass is 340 g/mol. The first kappa shape index (κ1) is 17.2. The second kappa shape index (κ2) is 9.14. The fourth-order valence-electron chi connectivity index (χ4n) is 2.27. The maximum absolute atomic E-state index is 12.0. The minimum Gasteiger partial charge on any atom is -0.350 e. The number of halogens is 1. The van der Waals surface area contributed by atoms with E-state index in [1.807, 2.05) is 31.2 Å². The number of amides is 1. The van der Waals surface area contributed by atoms with Gasteiger partial charge in [0.15, 0.2) is 0 Å². The molecule has 0 aromatic heterocycles.